The van der Waals surface area contributed by atoms with Crippen LogP contribution >= 0.6 is 11.8 Å². The van der Waals surface area contributed by atoms with E-state index in [-0.39, 0.29) is 6.10 Å². The van der Waals surface area contributed by atoms with Crippen molar-refractivity contribution in [3.05, 3.63) is 0 Å². The molecule has 0 radical (unpaired) electrons. The van der Waals surface area contributed by atoms with Crippen LogP contribution < -0.4 is 5.32 Å². The Morgan fingerprint density at radius 1 is 1.50 bits per heavy atom. The third kappa shape index (κ3) is 1.65. The van der Waals surface area contributed by atoms with Crippen LogP contribution in [0.2, 0.25) is 0 Å². The van der Waals surface area contributed by atoms with Gasteiger partial charge in [-0.15, -0.1) is 0 Å². The third-order valence-electron chi connectivity index (χ3n) is 2.18. The predicted molar refractivity (Wildman–Crippen MR) is 45.4 cm³/mol. The third-order valence-corrected chi connectivity index (χ3v) is 3.30. The molecule has 0 unspecified atom stereocenters. The van der Waals surface area contributed by atoms with Gasteiger partial charge in [-0.25, -0.2) is 0 Å². The molecule has 0 heterocycles. The molecule has 60 valence electrons. The second kappa shape index (κ2) is 3.60. The normalized spacial score (nSPS) is 40.5. The molecule has 3 heteroatoms. The molecule has 10 heavy (non-hydrogen) atoms. The van der Waals surface area contributed by atoms with Crippen molar-refractivity contribution >= 4 is 11.8 Å². The Morgan fingerprint density at radius 3 is 2.50 bits per heavy atom. The maximum Gasteiger partial charge on any atom is 0.0674 e. The fourth-order valence-corrected chi connectivity index (χ4v) is 2.32. The van der Waals surface area contributed by atoms with Crippen molar-refractivity contribution in [3.63, 3.8) is 0 Å². The van der Waals surface area contributed by atoms with E-state index in [1.807, 2.05) is 7.05 Å². The SMILES string of the molecule is CN[C@H]1C[C@H](SC)[C@@H](O)C1. The first kappa shape index (κ1) is 8.37. The second-order valence-corrected chi connectivity index (χ2v) is 3.88. The lowest BCUT2D eigenvalue weighted by Crippen LogP contribution is -2.21. The molecule has 2 N–H and O–H groups in total. The van der Waals surface area contributed by atoms with Crippen molar-refractivity contribution in [1.29, 1.82) is 0 Å². The number of nitrogens with one attached hydrogen (secondary N) is 1. The second-order valence-electron chi connectivity index (χ2n) is 2.80. The van der Waals surface area contributed by atoms with Crippen molar-refractivity contribution < 1.29 is 5.11 Å². The van der Waals surface area contributed by atoms with Gasteiger partial charge in [0.25, 0.3) is 0 Å². The Morgan fingerprint density at radius 2 is 2.20 bits per heavy atom. The van der Waals surface area contributed by atoms with E-state index in [1.54, 1.807) is 11.8 Å². The monoisotopic (exact) mass is 161 g/mol. The highest BCUT2D eigenvalue weighted by Gasteiger charge is 2.30. The molecule has 0 bridgehead atoms. The van der Waals surface area contributed by atoms with Crippen LogP contribution in [0, 0.1) is 0 Å². The van der Waals surface area contributed by atoms with Gasteiger partial charge < -0.3 is 10.4 Å². The van der Waals surface area contributed by atoms with E-state index >= 15 is 0 Å². The number of hydrogen-bond acceptors (Lipinski definition) is 3. The molecule has 0 saturated heterocycles. The molecule has 0 aromatic carbocycles. The Labute approximate surface area is 66.4 Å². The minimum Gasteiger partial charge on any atom is -0.392 e. The summed E-state index contributed by atoms with van der Waals surface area (Å²) >= 11 is 1.77. The van der Waals surface area contributed by atoms with Crippen LogP contribution in [0.15, 0.2) is 0 Å². The Balaban J connectivity index is 2.36. The molecule has 0 spiro atoms. The standard InChI is InChI=1S/C7H15NOS/c1-8-5-3-6(9)7(4-5)10-2/h5-9H,3-4H2,1-2H3/t5-,6+,7+/m1/s1. The van der Waals surface area contributed by atoms with Crippen LogP contribution in [0.1, 0.15) is 12.8 Å². The zero-order valence-electron chi connectivity index (χ0n) is 6.50. The highest BCUT2D eigenvalue weighted by molar-refractivity contribution is 7.99. The molecule has 0 aliphatic heterocycles. The highest BCUT2D eigenvalue weighted by Crippen LogP contribution is 2.28. The number of hydrogen-bond donors (Lipinski definition) is 2. The van der Waals surface area contributed by atoms with Gasteiger partial charge in [-0.05, 0) is 26.1 Å². The van der Waals surface area contributed by atoms with Crippen molar-refractivity contribution in [3.8, 4) is 0 Å². The van der Waals surface area contributed by atoms with Crippen LogP contribution in [-0.2, 0) is 0 Å². The van der Waals surface area contributed by atoms with Crippen LogP contribution in [-0.4, -0.2) is 35.8 Å². The molecule has 1 saturated carbocycles. The van der Waals surface area contributed by atoms with Gasteiger partial charge in [-0.2, -0.15) is 11.8 Å². The fourth-order valence-electron chi connectivity index (χ4n) is 1.47. The predicted octanol–water partition coefficient (Wildman–Crippen LogP) is 0.461. The molecule has 0 amide bonds. The van der Waals surface area contributed by atoms with E-state index in [2.05, 4.69) is 11.6 Å². The van der Waals surface area contributed by atoms with E-state index in [0.29, 0.717) is 11.3 Å². The number of aliphatic hydroxyl groups excluding tert-OH is 1. The number of rotatable bonds is 2. The van der Waals surface area contributed by atoms with E-state index < -0.39 is 0 Å². The van der Waals surface area contributed by atoms with E-state index in [1.165, 1.54) is 0 Å². The Bertz CT molecular complexity index is 110. The fraction of sp³-hybridized carbons (Fsp3) is 1.00. The number of thioether (sulfide) groups is 1. The Hall–Kier alpha value is 0.270. The topological polar surface area (TPSA) is 32.3 Å². The smallest absolute Gasteiger partial charge is 0.0674 e. The first-order chi connectivity index (χ1) is 4.77. The van der Waals surface area contributed by atoms with Gasteiger partial charge in [0.05, 0.1) is 6.10 Å². The summed E-state index contributed by atoms with van der Waals surface area (Å²) in [4.78, 5) is 0. The minimum absolute atomic E-state index is 0.0903. The summed E-state index contributed by atoms with van der Waals surface area (Å²) in [6.07, 6.45) is 4.00. The summed E-state index contributed by atoms with van der Waals surface area (Å²) in [5.41, 5.74) is 0. The molecule has 1 rings (SSSR count). The van der Waals surface area contributed by atoms with Gasteiger partial charge in [0.1, 0.15) is 0 Å². The van der Waals surface area contributed by atoms with E-state index in [0.717, 1.165) is 12.8 Å². The largest absolute Gasteiger partial charge is 0.392 e. The average molecular weight is 161 g/mol. The summed E-state index contributed by atoms with van der Waals surface area (Å²) < 4.78 is 0. The van der Waals surface area contributed by atoms with E-state index in [9.17, 15) is 5.11 Å². The summed E-state index contributed by atoms with van der Waals surface area (Å²) in [5, 5.41) is 13.1. The zero-order valence-corrected chi connectivity index (χ0v) is 7.32. The summed E-state index contributed by atoms with van der Waals surface area (Å²) in [5.74, 6) is 0. The number of aliphatic hydroxyl groups is 1. The lowest BCUT2D eigenvalue weighted by atomic mass is 10.2. The molecule has 3 atom stereocenters. The molecule has 2 nitrogen and oxygen atoms in total. The summed E-state index contributed by atoms with van der Waals surface area (Å²) in [7, 11) is 1.96. The van der Waals surface area contributed by atoms with Gasteiger partial charge in [-0.3, -0.25) is 0 Å². The first-order valence-corrected chi connectivity index (χ1v) is 4.95. The molecule has 0 aromatic heterocycles. The minimum atomic E-state index is -0.0903. The zero-order chi connectivity index (χ0) is 7.56. The van der Waals surface area contributed by atoms with Crippen molar-refractivity contribution in [2.75, 3.05) is 13.3 Å². The average Bonchev–Trinajstić information content (AvgIpc) is 2.30. The quantitative estimate of drug-likeness (QED) is 0.617. The lowest BCUT2D eigenvalue weighted by Gasteiger charge is -2.08. The Kier molecular flexibility index (Phi) is 3.01. The van der Waals surface area contributed by atoms with Crippen molar-refractivity contribution in [2.45, 2.75) is 30.2 Å². The van der Waals surface area contributed by atoms with Gasteiger partial charge >= 0.3 is 0 Å². The van der Waals surface area contributed by atoms with E-state index in [4.69, 9.17) is 0 Å². The van der Waals surface area contributed by atoms with Crippen LogP contribution in [0.4, 0.5) is 0 Å². The van der Waals surface area contributed by atoms with Gasteiger partial charge in [0.2, 0.25) is 0 Å². The van der Waals surface area contributed by atoms with Gasteiger partial charge in [0, 0.05) is 11.3 Å². The molecular weight excluding hydrogens is 146 g/mol. The molecule has 1 fully saturated rings. The van der Waals surface area contributed by atoms with Gasteiger partial charge in [0.15, 0.2) is 0 Å². The summed E-state index contributed by atoms with van der Waals surface area (Å²) in [6.45, 7) is 0. The van der Waals surface area contributed by atoms with Gasteiger partial charge in [-0.1, -0.05) is 0 Å². The molecule has 1 aliphatic carbocycles. The maximum atomic E-state index is 9.43. The van der Waals surface area contributed by atoms with Crippen LogP contribution in [0.3, 0.4) is 0 Å². The van der Waals surface area contributed by atoms with Crippen molar-refractivity contribution in [2.24, 2.45) is 0 Å². The first-order valence-electron chi connectivity index (χ1n) is 3.66. The van der Waals surface area contributed by atoms with Crippen molar-refractivity contribution in [1.82, 2.24) is 5.32 Å². The maximum absolute atomic E-state index is 9.43. The van der Waals surface area contributed by atoms with Crippen LogP contribution in [0.25, 0.3) is 0 Å². The van der Waals surface area contributed by atoms with Crippen LogP contribution in [0.5, 0.6) is 0 Å². The summed E-state index contributed by atoms with van der Waals surface area (Å²) in [6, 6.07) is 0.535. The molecule has 1 aliphatic rings. The highest BCUT2D eigenvalue weighted by atomic mass is 32.2. The lowest BCUT2D eigenvalue weighted by molar-refractivity contribution is 0.185. The molecule has 0 aromatic rings. The molecular formula is C7H15NOS.